The molecule has 1 aromatic carbocycles. The second kappa shape index (κ2) is 5.14. The van der Waals surface area contributed by atoms with E-state index in [0.29, 0.717) is 12.3 Å². The van der Waals surface area contributed by atoms with Crippen LogP contribution in [-0.2, 0) is 4.74 Å². The zero-order valence-corrected chi connectivity index (χ0v) is 9.65. The molecule has 0 bridgehead atoms. The first kappa shape index (κ1) is 11.9. The largest absolute Gasteiger partial charge is 0.447 e. The molecule has 1 N–H and O–H groups in total. The Kier molecular flexibility index (Phi) is 3.58. The van der Waals surface area contributed by atoms with E-state index in [1.807, 2.05) is 7.05 Å². The van der Waals surface area contributed by atoms with Crippen molar-refractivity contribution in [2.24, 2.45) is 0 Å². The molecule has 1 aromatic rings. The Hall–Kier alpha value is -1.62. The summed E-state index contributed by atoms with van der Waals surface area (Å²) in [6.45, 7) is 1.19. The Labute approximate surface area is 99.4 Å². The normalized spacial score (nSPS) is 19.5. The smallest absolute Gasteiger partial charge is 0.414 e. The van der Waals surface area contributed by atoms with Crippen molar-refractivity contribution in [3.05, 3.63) is 30.1 Å². The van der Waals surface area contributed by atoms with E-state index in [1.54, 1.807) is 17.0 Å². The lowest BCUT2D eigenvalue weighted by molar-refractivity contribution is 0.178. The maximum Gasteiger partial charge on any atom is 0.414 e. The number of anilines is 1. The second-order valence-corrected chi connectivity index (χ2v) is 3.97. The van der Waals surface area contributed by atoms with E-state index in [-0.39, 0.29) is 18.0 Å². The number of hydrogen-bond acceptors (Lipinski definition) is 3. The van der Waals surface area contributed by atoms with E-state index in [4.69, 9.17) is 4.74 Å². The zero-order valence-electron chi connectivity index (χ0n) is 9.65. The first-order chi connectivity index (χ1) is 8.22. The molecule has 5 heteroatoms. The van der Waals surface area contributed by atoms with Crippen molar-refractivity contribution in [3.8, 4) is 0 Å². The van der Waals surface area contributed by atoms with Gasteiger partial charge in [0.15, 0.2) is 0 Å². The average molecular weight is 238 g/mol. The number of cyclic esters (lactones) is 1. The van der Waals surface area contributed by atoms with E-state index in [2.05, 4.69) is 5.32 Å². The molecule has 17 heavy (non-hydrogen) atoms. The number of hydrogen-bond donors (Lipinski definition) is 1. The number of nitrogens with one attached hydrogen (secondary N) is 1. The SMILES string of the molecule is CNCCC1COC(=O)N1c1ccc(F)cc1. The van der Waals surface area contributed by atoms with Crippen LogP contribution in [0.4, 0.5) is 14.9 Å². The molecule has 1 atom stereocenters. The van der Waals surface area contributed by atoms with Crippen LogP contribution in [0, 0.1) is 5.82 Å². The highest BCUT2D eigenvalue weighted by Gasteiger charge is 2.33. The van der Waals surface area contributed by atoms with Gasteiger partial charge in [-0.3, -0.25) is 4.90 Å². The standard InChI is InChI=1S/C12H15FN2O2/c1-14-7-6-11-8-17-12(16)15(11)10-4-2-9(13)3-5-10/h2-5,11,14H,6-8H2,1H3. The lowest BCUT2D eigenvalue weighted by atomic mass is 10.2. The number of rotatable bonds is 4. The summed E-state index contributed by atoms with van der Waals surface area (Å²) < 4.78 is 17.9. The van der Waals surface area contributed by atoms with Crippen LogP contribution in [-0.4, -0.2) is 32.3 Å². The maximum absolute atomic E-state index is 12.8. The lowest BCUT2D eigenvalue weighted by Gasteiger charge is -2.21. The Bertz CT molecular complexity index is 394. The van der Waals surface area contributed by atoms with Gasteiger partial charge in [0.2, 0.25) is 0 Å². The fourth-order valence-corrected chi connectivity index (χ4v) is 1.90. The van der Waals surface area contributed by atoms with Crippen molar-refractivity contribution < 1.29 is 13.9 Å². The number of ether oxygens (including phenoxy) is 1. The van der Waals surface area contributed by atoms with Crippen LogP contribution in [0.1, 0.15) is 6.42 Å². The average Bonchev–Trinajstić information content (AvgIpc) is 2.69. The van der Waals surface area contributed by atoms with Crippen molar-refractivity contribution in [2.45, 2.75) is 12.5 Å². The number of nitrogens with zero attached hydrogens (tertiary/aromatic N) is 1. The molecule has 1 heterocycles. The number of carbonyl (C=O) groups is 1. The molecule has 0 spiro atoms. The molecule has 2 rings (SSSR count). The minimum atomic E-state index is -0.363. The number of halogens is 1. The van der Waals surface area contributed by atoms with Gasteiger partial charge >= 0.3 is 6.09 Å². The zero-order chi connectivity index (χ0) is 12.3. The molecular formula is C12H15FN2O2. The highest BCUT2D eigenvalue weighted by atomic mass is 19.1. The van der Waals surface area contributed by atoms with E-state index in [1.165, 1.54) is 12.1 Å². The molecule has 0 aliphatic carbocycles. The third kappa shape index (κ3) is 2.55. The first-order valence-electron chi connectivity index (χ1n) is 5.58. The van der Waals surface area contributed by atoms with Gasteiger partial charge in [0.05, 0.1) is 6.04 Å². The van der Waals surface area contributed by atoms with Gasteiger partial charge in [-0.25, -0.2) is 9.18 Å². The predicted molar refractivity (Wildman–Crippen MR) is 62.6 cm³/mol. The Balaban J connectivity index is 2.15. The Morgan fingerprint density at radius 3 is 2.82 bits per heavy atom. The summed E-state index contributed by atoms with van der Waals surface area (Å²) in [4.78, 5) is 13.2. The van der Waals surface area contributed by atoms with Crippen LogP contribution in [0.2, 0.25) is 0 Å². The van der Waals surface area contributed by atoms with Crippen molar-refractivity contribution in [2.75, 3.05) is 25.1 Å². The summed E-state index contributed by atoms with van der Waals surface area (Å²) in [6.07, 6.45) is 0.442. The van der Waals surface area contributed by atoms with Gasteiger partial charge in [-0.1, -0.05) is 0 Å². The highest BCUT2D eigenvalue weighted by molar-refractivity contribution is 5.90. The molecule has 1 saturated heterocycles. The van der Waals surface area contributed by atoms with Gasteiger partial charge in [0.1, 0.15) is 12.4 Å². The summed E-state index contributed by atoms with van der Waals surface area (Å²) in [5, 5.41) is 3.04. The van der Waals surface area contributed by atoms with E-state index in [9.17, 15) is 9.18 Å². The Morgan fingerprint density at radius 2 is 2.18 bits per heavy atom. The molecule has 92 valence electrons. The summed E-state index contributed by atoms with van der Waals surface area (Å²) in [5.74, 6) is -0.312. The van der Waals surface area contributed by atoms with Gasteiger partial charge in [-0.2, -0.15) is 0 Å². The molecule has 0 aromatic heterocycles. The molecule has 1 aliphatic rings. The second-order valence-electron chi connectivity index (χ2n) is 3.97. The minimum absolute atomic E-state index is 0.0143. The molecule has 0 radical (unpaired) electrons. The topological polar surface area (TPSA) is 41.6 Å². The van der Waals surface area contributed by atoms with Crippen LogP contribution in [0.25, 0.3) is 0 Å². The maximum atomic E-state index is 12.8. The summed E-state index contributed by atoms with van der Waals surface area (Å²) in [5.41, 5.74) is 0.676. The van der Waals surface area contributed by atoms with E-state index in [0.717, 1.165) is 13.0 Å². The monoisotopic (exact) mass is 238 g/mol. The third-order valence-corrected chi connectivity index (χ3v) is 2.79. The van der Waals surface area contributed by atoms with Crippen molar-refractivity contribution >= 4 is 11.8 Å². The molecule has 0 saturated carbocycles. The van der Waals surface area contributed by atoms with Crippen LogP contribution < -0.4 is 10.2 Å². The minimum Gasteiger partial charge on any atom is -0.447 e. The van der Waals surface area contributed by atoms with Gasteiger partial charge in [-0.05, 0) is 44.3 Å². The molecule has 1 amide bonds. The van der Waals surface area contributed by atoms with E-state index >= 15 is 0 Å². The van der Waals surface area contributed by atoms with Gasteiger partial charge in [-0.15, -0.1) is 0 Å². The number of benzene rings is 1. The quantitative estimate of drug-likeness (QED) is 0.869. The van der Waals surface area contributed by atoms with Crippen LogP contribution >= 0.6 is 0 Å². The van der Waals surface area contributed by atoms with Crippen molar-refractivity contribution in [1.29, 1.82) is 0 Å². The fourth-order valence-electron chi connectivity index (χ4n) is 1.90. The number of amides is 1. The molecule has 4 nitrogen and oxygen atoms in total. The van der Waals surface area contributed by atoms with Crippen LogP contribution in [0.15, 0.2) is 24.3 Å². The van der Waals surface area contributed by atoms with Gasteiger partial charge < -0.3 is 10.1 Å². The molecule has 1 unspecified atom stereocenters. The third-order valence-electron chi connectivity index (χ3n) is 2.79. The van der Waals surface area contributed by atoms with Crippen LogP contribution in [0.5, 0.6) is 0 Å². The van der Waals surface area contributed by atoms with Gasteiger partial charge in [0, 0.05) is 5.69 Å². The fraction of sp³-hybridized carbons (Fsp3) is 0.417. The summed E-state index contributed by atoms with van der Waals surface area (Å²) >= 11 is 0. The number of carbonyl (C=O) groups excluding carboxylic acids is 1. The molecular weight excluding hydrogens is 223 g/mol. The highest BCUT2D eigenvalue weighted by Crippen LogP contribution is 2.24. The Morgan fingerprint density at radius 1 is 1.47 bits per heavy atom. The predicted octanol–water partition coefficient (Wildman–Crippen LogP) is 1.76. The molecule has 1 aliphatic heterocycles. The van der Waals surface area contributed by atoms with Crippen molar-refractivity contribution in [1.82, 2.24) is 5.32 Å². The molecule has 1 fully saturated rings. The van der Waals surface area contributed by atoms with E-state index < -0.39 is 0 Å². The van der Waals surface area contributed by atoms with Crippen molar-refractivity contribution in [3.63, 3.8) is 0 Å². The summed E-state index contributed by atoms with van der Waals surface area (Å²) in [6, 6.07) is 5.88. The van der Waals surface area contributed by atoms with Gasteiger partial charge in [0.25, 0.3) is 0 Å². The first-order valence-corrected chi connectivity index (χ1v) is 5.58. The summed E-state index contributed by atoms with van der Waals surface area (Å²) in [7, 11) is 1.86. The lowest BCUT2D eigenvalue weighted by Crippen LogP contribution is -2.35. The van der Waals surface area contributed by atoms with Crippen LogP contribution in [0.3, 0.4) is 0 Å².